The minimum atomic E-state index is -0.138. The van der Waals surface area contributed by atoms with Crippen LogP contribution in [0.5, 0.6) is 0 Å². The maximum absolute atomic E-state index is 11.9. The molecule has 0 unspecified atom stereocenters. The molecular formula is C12H20N4OS2. The molecule has 1 aliphatic carbocycles. The van der Waals surface area contributed by atoms with Crippen molar-refractivity contribution in [2.24, 2.45) is 5.92 Å². The molecule has 19 heavy (non-hydrogen) atoms. The standard InChI is InChI=1S/C12H20N4OS2/c1-7(2)6-13-10(17)8(3)18-12-16-15-11(19-12)14-9-4-5-9/h7-9H,4-6H2,1-3H3,(H,13,17)(H,14,15)/t8-/m1/s1. The maximum atomic E-state index is 11.9. The number of nitrogens with one attached hydrogen (secondary N) is 2. The van der Waals surface area contributed by atoms with Crippen LogP contribution < -0.4 is 10.6 Å². The van der Waals surface area contributed by atoms with Crippen molar-refractivity contribution < 1.29 is 4.79 Å². The molecule has 1 amide bonds. The first-order valence-corrected chi connectivity index (χ1v) is 8.28. The molecule has 2 rings (SSSR count). The minimum absolute atomic E-state index is 0.0607. The van der Waals surface area contributed by atoms with Crippen LogP contribution in [0.3, 0.4) is 0 Å². The number of aromatic nitrogens is 2. The van der Waals surface area contributed by atoms with Gasteiger partial charge >= 0.3 is 0 Å². The molecule has 0 saturated heterocycles. The van der Waals surface area contributed by atoms with Gasteiger partial charge in [-0.15, -0.1) is 10.2 Å². The highest BCUT2D eigenvalue weighted by atomic mass is 32.2. The second-order valence-corrected chi connectivity index (χ2v) is 7.76. The van der Waals surface area contributed by atoms with Crippen molar-refractivity contribution in [3.8, 4) is 0 Å². The lowest BCUT2D eigenvalue weighted by molar-refractivity contribution is -0.120. The Morgan fingerprint density at radius 2 is 2.16 bits per heavy atom. The monoisotopic (exact) mass is 300 g/mol. The van der Waals surface area contributed by atoms with Crippen molar-refractivity contribution in [1.82, 2.24) is 15.5 Å². The quantitative estimate of drug-likeness (QED) is 0.757. The van der Waals surface area contributed by atoms with Crippen molar-refractivity contribution in [1.29, 1.82) is 0 Å². The van der Waals surface area contributed by atoms with Gasteiger partial charge in [0.15, 0.2) is 4.34 Å². The van der Waals surface area contributed by atoms with Gasteiger partial charge in [0, 0.05) is 12.6 Å². The average molecular weight is 300 g/mol. The van der Waals surface area contributed by atoms with Crippen LogP contribution >= 0.6 is 23.1 Å². The lowest BCUT2D eigenvalue weighted by atomic mass is 10.2. The van der Waals surface area contributed by atoms with Crippen LogP contribution in [0, 0.1) is 5.92 Å². The summed E-state index contributed by atoms with van der Waals surface area (Å²) in [7, 11) is 0. The summed E-state index contributed by atoms with van der Waals surface area (Å²) in [5.41, 5.74) is 0. The molecule has 1 aliphatic rings. The van der Waals surface area contributed by atoms with E-state index in [2.05, 4.69) is 34.7 Å². The summed E-state index contributed by atoms with van der Waals surface area (Å²) in [6, 6.07) is 0.581. The molecule has 0 spiro atoms. The first-order chi connectivity index (χ1) is 9.04. The van der Waals surface area contributed by atoms with Crippen LogP contribution in [0.2, 0.25) is 0 Å². The van der Waals surface area contributed by atoms with E-state index in [9.17, 15) is 4.79 Å². The third kappa shape index (κ3) is 4.99. The van der Waals surface area contributed by atoms with Gasteiger partial charge < -0.3 is 10.6 Å². The number of thioether (sulfide) groups is 1. The number of hydrogen-bond acceptors (Lipinski definition) is 6. The molecule has 0 aromatic carbocycles. The Morgan fingerprint density at radius 3 is 2.79 bits per heavy atom. The summed E-state index contributed by atoms with van der Waals surface area (Å²) in [4.78, 5) is 11.9. The van der Waals surface area contributed by atoms with Crippen LogP contribution in [-0.4, -0.2) is 33.9 Å². The van der Waals surface area contributed by atoms with E-state index in [1.54, 1.807) is 0 Å². The molecule has 7 heteroatoms. The minimum Gasteiger partial charge on any atom is -0.357 e. The SMILES string of the molecule is CC(C)CNC(=O)[C@@H](C)Sc1nnc(NC2CC2)s1. The zero-order chi connectivity index (χ0) is 13.8. The zero-order valence-electron chi connectivity index (χ0n) is 11.5. The number of carbonyl (C=O) groups is 1. The molecule has 5 nitrogen and oxygen atoms in total. The fourth-order valence-corrected chi connectivity index (χ4v) is 3.37. The summed E-state index contributed by atoms with van der Waals surface area (Å²) >= 11 is 2.99. The molecule has 1 heterocycles. The van der Waals surface area contributed by atoms with Crippen molar-refractivity contribution >= 4 is 34.1 Å². The van der Waals surface area contributed by atoms with Gasteiger partial charge in [-0.3, -0.25) is 4.79 Å². The molecule has 1 atom stereocenters. The summed E-state index contributed by atoms with van der Waals surface area (Å²) in [6.45, 7) is 6.78. The van der Waals surface area contributed by atoms with E-state index >= 15 is 0 Å². The largest absolute Gasteiger partial charge is 0.357 e. The highest BCUT2D eigenvalue weighted by Crippen LogP contribution is 2.31. The van der Waals surface area contributed by atoms with E-state index in [0.717, 1.165) is 9.47 Å². The molecule has 1 aromatic rings. The second kappa shape index (κ2) is 6.56. The Hall–Kier alpha value is -0.820. The number of rotatable bonds is 7. The fourth-order valence-electron chi connectivity index (χ4n) is 1.37. The van der Waals surface area contributed by atoms with Crippen molar-refractivity contribution in [3.05, 3.63) is 0 Å². The molecule has 1 aromatic heterocycles. The normalized spacial score (nSPS) is 16.4. The van der Waals surface area contributed by atoms with Gasteiger partial charge in [-0.05, 0) is 25.7 Å². The van der Waals surface area contributed by atoms with Gasteiger partial charge in [-0.2, -0.15) is 0 Å². The molecule has 1 fully saturated rings. The average Bonchev–Trinajstić information content (AvgIpc) is 3.06. The molecule has 0 radical (unpaired) electrons. The van der Waals surface area contributed by atoms with E-state index in [0.29, 0.717) is 18.5 Å². The lowest BCUT2D eigenvalue weighted by Crippen LogP contribution is -2.33. The molecule has 0 aliphatic heterocycles. The number of hydrogen-bond donors (Lipinski definition) is 2. The summed E-state index contributed by atoms with van der Waals surface area (Å²) < 4.78 is 0.843. The van der Waals surface area contributed by atoms with E-state index in [4.69, 9.17) is 0 Å². The Bertz CT molecular complexity index is 431. The fraction of sp³-hybridized carbons (Fsp3) is 0.750. The van der Waals surface area contributed by atoms with Crippen molar-refractivity contribution in [2.75, 3.05) is 11.9 Å². The van der Waals surface area contributed by atoms with Gasteiger partial charge in [-0.25, -0.2) is 0 Å². The molecule has 106 valence electrons. The van der Waals surface area contributed by atoms with Gasteiger partial charge in [0.1, 0.15) is 0 Å². The van der Waals surface area contributed by atoms with Crippen LogP contribution in [0.25, 0.3) is 0 Å². The van der Waals surface area contributed by atoms with Gasteiger partial charge in [0.25, 0.3) is 0 Å². The summed E-state index contributed by atoms with van der Waals surface area (Å²) in [5, 5.41) is 15.2. The predicted octanol–water partition coefficient (Wildman–Crippen LogP) is 2.37. The van der Waals surface area contributed by atoms with E-state index in [1.165, 1.54) is 35.9 Å². The molecule has 2 N–H and O–H groups in total. The Balaban J connectivity index is 1.78. The first-order valence-electron chi connectivity index (χ1n) is 6.59. The maximum Gasteiger partial charge on any atom is 0.233 e. The Kier molecular flexibility index (Phi) is 5.04. The van der Waals surface area contributed by atoms with Crippen LogP contribution in [0.15, 0.2) is 4.34 Å². The van der Waals surface area contributed by atoms with Gasteiger partial charge in [0.2, 0.25) is 11.0 Å². The van der Waals surface area contributed by atoms with E-state index in [1.807, 2.05) is 6.92 Å². The summed E-state index contributed by atoms with van der Waals surface area (Å²) in [6.07, 6.45) is 2.44. The highest BCUT2D eigenvalue weighted by molar-refractivity contribution is 8.02. The van der Waals surface area contributed by atoms with Gasteiger partial charge in [-0.1, -0.05) is 36.9 Å². The van der Waals surface area contributed by atoms with Crippen LogP contribution in [-0.2, 0) is 4.79 Å². The topological polar surface area (TPSA) is 66.9 Å². The third-order valence-electron chi connectivity index (χ3n) is 2.64. The van der Waals surface area contributed by atoms with Crippen LogP contribution in [0.4, 0.5) is 5.13 Å². The Labute approximate surface area is 122 Å². The number of nitrogens with zero attached hydrogens (tertiary/aromatic N) is 2. The lowest BCUT2D eigenvalue weighted by Gasteiger charge is -2.11. The number of carbonyl (C=O) groups excluding carboxylic acids is 1. The Morgan fingerprint density at radius 1 is 1.42 bits per heavy atom. The summed E-state index contributed by atoms with van der Waals surface area (Å²) in [5.74, 6) is 0.530. The van der Waals surface area contributed by atoms with E-state index < -0.39 is 0 Å². The molecule has 1 saturated carbocycles. The second-order valence-electron chi connectivity index (χ2n) is 5.19. The first kappa shape index (κ1) is 14.6. The molecular weight excluding hydrogens is 280 g/mol. The predicted molar refractivity (Wildman–Crippen MR) is 79.7 cm³/mol. The van der Waals surface area contributed by atoms with Crippen molar-refractivity contribution in [3.63, 3.8) is 0 Å². The number of amides is 1. The zero-order valence-corrected chi connectivity index (χ0v) is 13.1. The van der Waals surface area contributed by atoms with E-state index in [-0.39, 0.29) is 11.2 Å². The third-order valence-corrected chi connectivity index (χ3v) is 4.68. The van der Waals surface area contributed by atoms with Crippen molar-refractivity contribution in [2.45, 2.75) is 49.2 Å². The number of anilines is 1. The van der Waals surface area contributed by atoms with Crippen LogP contribution in [0.1, 0.15) is 33.6 Å². The molecule has 0 bridgehead atoms. The van der Waals surface area contributed by atoms with Gasteiger partial charge in [0.05, 0.1) is 5.25 Å². The highest BCUT2D eigenvalue weighted by Gasteiger charge is 2.23. The smallest absolute Gasteiger partial charge is 0.233 e.